The number of nitrogens with zero attached hydrogens (tertiary/aromatic N) is 3. The number of anilines is 1. The molecule has 0 bridgehead atoms. The second-order valence-corrected chi connectivity index (χ2v) is 9.30. The fraction of sp³-hybridized carbons (Fsp3) is 0.241. The SMILES string of the molecule is CC(=N[C@@H](C(=O)O)[C@@H](CC(=O)N1CCOC1=O)c1ccc(C(F)(F)F)cc1)c1ccccc1NC(=O)c1ccccn1. The number of aliphatic imine (C=N–C) groups is 1. The highest BCUT2D eigenvalue weighted by molar-refractivity contribution is 6.10. The fourth-order valence-electron chi connectivity index (χ4n) is 4.44. The first kappa shape index (κ1) is 29.9. The lowest BCUT2D eigenvalue weighted by Crippen LogP contribution is -2.36. The average molecular weight is 583 g/mol. The second-order valence-electron chi connectivity index (χ2n) is 9.30. The molecule has 0 saturated carbocycles. The normalized spacial score (nSPS) is 15.1. The predicted molar refractivity (Wildman–Crippen MR) is 144 cm³/mol. The number of aromatic nitrogens is 1. The summed E-state index contributed by atoms with van der Waals surface area (Å²) in [6.07, 6.45) is -4.62. The van der Waals surface area contributed by atoms with Crippen LogP contribution in [0.3, 0.4) is 0 Å². The van der Waals surface area contributed by atoms with E-state index in [-0.39, 0.29) is 30.1 Å². The Bertz CT molecular complexity index is 1510. The van der Waals surface area contributed by atoms with Gasteiger partial charge in [0.05, 0.1) is 17.8 Å². The number of carboxylic acid groups (broad SMARTS) is 1. The number of cyclic esters (lactones) is 1. The van der Waals surface area contributed by atoms with Crippen LogP contribution in [-0.4, -0.2) is 63.8 Å². The Balaban J connectivity index is 1.71. The molecule has 13 heteroatoms. The van der Waals surface area contributed by atoms with Gasteiger partial charge in [0.2, 0.25) is 5.91 Å². The first-order chi connectivity index (χ1) is 20.0. The summed E-state index contributed by atoms with van der Waals surface area (Å²) in [6, 6.07) is 13.4. The Labute approximate surface area is 237 Å². The van der Waals surface area contributed by atoms with Crippen molar-refractivity contribution in [3.8, 4) is 0 Å². The number of rotatable bonds is 9. The maximum Gasteiger partial charge on any atom is 0.416 e. The molecule has 218 valence electrons. The highest BCUT2D eigenvalue weighted by Gasteiger charge is 2.37. The van der Waals surface area contributed by atoms with E-state index in [0.29, 0.717) is 11.3 Å². The predicted octanol–water partition coefficient (Wildman–Crippen LogP) is 4.77. The van der Waals surface area contributed by atoms with E-state index in [0.717, 1.165) is 29.2 Å². The molecule has 2 atom stereocenters. The summed E-state index contributed by atoms with van der Waals surface area (Å²) in [4.78, 5) is 59.4. The second kappa shape index (κ2) is 12.6. The molecule has 2 aromatic carbocycles. The van der Waals surface area contributed by atoms with E-state index in [1.165, 1.54) is 19.2 Å². The van der Waals surface area contributed by atoms with Gasteiger partial charge in [-0.15, -0.1) is 0 Å². The molecule has 42 heavy (non-hydrogen) atoms. The quantitative estimate of drug-likeness (QED) is 0.347. The topological polar surface area (TPSA) is 138 Å². The molecular weight excluding hydrogens is 557 g/mol. The van der Waals surface area contributed by atoms with Crippen LogP contribution in [0.15, 0.2) is 77.9 Å². The van der Waals surface area contributed by atoms with Crippen molar-refractivity contribution in [1.82, 2.24) is 9.88 Å². The minimum atomic E-state index is -4.63. The van der Waals surface area contributed by atoms with Gasteiger partial charge >= 0.3 is 18.2 Å². The van der Waals surface area contributed by atoms with E-state index in [2.05, 4.69) is 15.3 Å². The fourth-order valence-corrected chi connectivity index (χ4v) is 4.44. The number of para-hydroxylation sites is 1. The molecule has 3 aromatic rings. The van der Waals surface area contributed by atoms with Gasteiger partial charge in [0.25, 0.3) is 5.91 Å². The van der Waals surface area contributed by atoms with Crippen molar-refractivity contribution < 1.29 is 42.2 Å². The van der Waals surface area contributed by atoms with Crippen molar-refractivity contribution in [3.63, 3.8) is 0 Å². The molecule has 1 aliphatic rings. The van der Waals surface area contributed by atoms with Crippen molar-refractivity contribution in [2.75, 3.05) is 18.5 Å². The number of carboxylic acids is 1. The van der Waals surface area contributed by atoms with E-state index in [1.807, 2.05) is 0 Å². The zero-order valence-corrected chi connectivity index (χ0v) is 22.2. The molecule has 0 radical (unpaired) electrons. The molecule has 3 amide bonds. The number of nitrogens with one attached hydrogen (secondary N) is 1. The number of aliphatic carboxylic acids is 1. The Hall–Kier alpha value is -5.07. The Morgan fingerprint density at radius 2 is 1.76 bits per heavy atom. The first-order valence-electron chi connectivity index (χ1n) is 12.7. The molecule has 1 saturated heterocycles. The molecule has 0 unspecified atom stereocenters. The third-order valence-corrected chi connectivity index (χ3v) is 6.55. The van der Waals surface area contributed by atoms with Gasteiger partial charge in [-0.3, -0.25) is 19.6 Å². The van der Waals surface area contributed by atoms with Crippen LogP contribution in [0.2, 0.25) is 0 Å². The number of imide groups is 1. The number of ether oxygens (including phenoxy) is 1. The smallest absolute Gasteiger partial charge is 0.416 e. The highest BCUT2D eigenvalue weighted by atomic mass is 19.4. The van der Waals surface area contributed by atoms with Gasteiger partial charge < -0.3 is 15.2 Å². The molecular formula is C29H25F3N4O6. The van der Waals surface area contributed by atoms with Crippen LogP contribution in [0.1, 0.15) is 46.4 Å². The van der Waals surface area contributed by atoms with Crippen LogP contribution in [0, 0.1) is 0 Å². The van der Waals surface area contributed by atoms with Gasteiger partial charge in [0, 0.05) is 29.8 Å². The minimum Gasteiger partial charge on any atom is -0.480 e. The van der Waals surface area contributed by atoms with Gasteiger partial charge in [-0.25, -0.2) is 14.5 Å². The van der Waals surface area contributed by atoms with Crippen molar-refractivity contribution in [3.05, 3.63) is 95.3 Å². The third-order valence-electron chi connectivity index (χ3n) is 6.55. The van der Waals surface area contributed by atoms with Gasteiger partial charge in [0.15, 0.2) is 6.04 Å². The maximum atomic E-state index is 13.2. The minimum absolute atomic E-state index is 0.0316. The van der Waals surface area contributed by atoms with E-state index in [9.17, 15) is 37.5 Å². The number of alkyl halides is 3. The van der Waals surface area contributed by atoms with Crippen LogP contribution in [0.25, 0.3) is 0 Å². The lowest BCUT2D eigenvalue weighted by Gasteiger charge is -2.24. The van der Waals surface area contributed by atoms with Crippen molar-refractivity contribution >= 4 is 35.3 Å². The summed E-state index contributed by atoms with van der Waals surface area (Å²) in [5.41, 5.74) is 0.137. The number of benzene rings is 2. The molecule has 0 spiro atoms. The van der Waals surface area contributed by atoms with Crippen LogP contribution < -0.4 is 5.32 Å². The van der Waals surface area contributed by atoms with Gasteiger partial charge in [0.1, 0.15) is 12.3 Å². The summed E-state index contributed by atoms with van der Waals surface area (Å²) in [6.45, 7) is 1.43. The first-order valence-corrected chi connectivity index (χ1v) is 12.7. The van der Waals surface area contributed by atoms with Crippen LogP contribution in [0.5, 0.6) is 0 Å². The van der Waals surface area contributed by atoms with Crippen molar-refractivity contribution in [1.29, 1.82) is 0 Å². The summed E-state index contributed by atoms with van der Waals surface area (Å²) < 4.78 is 44.4. The van der Waals surface area contributed by atoms with Crippen molar-refractivity contribution in [2.45, 2.75) is 31.5 Å². The molecule has 1 fully saturated rings. The molecule has 0 aliphatic carbocycles. The van der Waals surface area contributed by atoms with Gasteiger partial charge in [-0.1, -0.05) is 36.4 Å². The van der Waals surface area contributed by atoms with Gasteiger partial charge in [-0.2, -0.15) is 13.2 Å². The molecule has 10 nitrogen and oxygen atoms in total. The van der Waals surface area contributed by atoms with E-state index < -0.39 is 54.0 Å². The maximum absolute atomic E-state index is 13.2. The Morgan fingerprint density at radius 1 is 1.07 bits per heavy atom. The van der Waals surface area contributed by atoms with Gasteiger partial charge in [-0.05, 0) is 42.8 Å². The summed E-state index contributed by atoms with van der Waals surface area (Å²) in [7, 11) is 0. The third kappa shape index (κ3) is 6.97. The number of carbonyl (C=O) groups is 4. The zero-order chi connectivity index (χ0) is 30.4. The molecule has 2 N–H and O–H groups in total. The van der Waals surface area contributed by atoms with E-state index in [1.54, 1.807) is 36.4 Å². The van der Waals surface area contributed by atoms with E-state index in [4.69, 9.17) is 4.74 Å². The molecule has 1 aromatic heterocycles. The lowest BCUT2D eigenvalue weighted by atomic mass is 9.87. The average Bonchev–Trinajstić information content (AvgIpc) is 3.40. The molecule has 4 rings (SSSR count). The van der Waals surface area contributed by atoms with Crippen LogP contribution >= 0.6 is 0 Å². The Kier molecular flexibility index (Phi) is 8.99. The summed E-state index contributed by atoms with van der Waals surface area (Å²) in [5.74, 6) is -3.98. The largest absolute Gasteiger partial charge is 0.480 e. The van der Waals surface area contributed by atoms with Crippen LogP contribution in [-0.2, 0) is 20.5 Å². The number of hydrogen-bond acceptors (Lipinski definition) is 7. The highest BCUT2D eigenvalue weighted by Crippen LogP contribution is 2.33. The van der Waals surface area contributed by atoms with Crippen molar-refractivity contribution in [2.24, 2.45) is 4.99 Å². The summed E-state index contributed by atoms with van der Waals surface area (Å²) in [5, 5.41) is 12.9. The number of halogens is 3. The Morgan fingerprint density at radius 3 is 2.36 bits per heavy atom. The number of carbonyl (C=O) groups excluding carboxylic acids is 3. The van der Waals surface area contributed by atoms with Crippen LogP contribution in [0.4, 0.5) is 23.7 Å². The standard InChI is InChI=1S/C29H25F3N4O6/c1-17(20-6-2-3-7-22(20)35-26(38)23-8-4-5-13-33-23)34-25(27(39)40)21(16-24(37)36-14-15-42-28(36)41)18-9-11-19(12-10-18)29(30,31)32/h2-13,21,25H,14-16H2,1H3,(H,35,38)(H,39,40)/t21-,25+/m0/s1. The lowest BCUT2D eigenvalue weighted by molar-refractivity contribution is -0.140. The number of pyridine rings is 1. The number of amides is 3. The zero-order valence-electron chi connectivity index (χ0n) is 22.2. The molecule has 1 aliphatic heterocycles. The number of hydrogen-bond donors (Lipinski definition) is 2. The monoisotopic (exact) mass is 582 g/mol. The summed E-state index contributed by atoms with van der Waals surface area (Å²) >= 11 is 0. The molecule has 2 heterocycles. The van der Waals surface area contributed by atoms with E-state index >= 15 is 0 Å².